The van der Waals surface area contributed by atoms with Gasteiger partial charge in [-0.1, -0.05) is 18.2 Å². The van der Waals surface area contributed by atoms with Crippen molar-refractivity contribution in [2.24, 2.45) is 0 Å². The molecule has 2 aromatic carbocycles. The molecule has 0 saturated carbocycles. The van der Waals surface area contributed by atoms with Crippen molar-refractivity contribution in [3.63, 3.8) is 0 Å². The van der Waals surface area contributed by atoms with Gasteiger partial charge >= 0.3 is 0 Å². The lowest BCUT2D eigenvalue weighted by molar-refractivity contribution is 0.199. The molecule has 0 radical (unpaired) electrons. The average molecular weight is 254 g/mol. The van der Waals surface area contributed by atoms with Crippen LogP contribution in [0.25, 0.3) is 0 Å². The fourth-order valence-electron chi connectivity index (χ4n) is 2.56. The highest BCUT2D eigenvalue weighted by Crippen LogP contribution is 2.30. The lowest BCUT2D eigenvalue weighted by Crippen LogP contribution is -2.14. The molecule has 98 valence electrons. The highest BCUT2D eigenvalue weighted by atomic mass is 16.3. The highest BCUT2D eigenvalue weighted by Gasteiger charge is 2.19. The molecule has 0 amide bonds. The van der Waals surface area contributed by atoms with Crippen molar-refractivity contribution in [1.82, 2.24) is 0 Å². The van der Waals surface area contributed by atoms with Crippen LogP contribution in [0.5, 0.6) is 0 Å². The van der Waals surface area contributed by atoms with Gasteiger partial charge in [-0.2, -0.15) is 0 Å². The molecule has 0 saturated heterocycles. The number of nitrogens with zero attached hydrogens (tertiary/aromatic N) is 1. The van der Waals surface area contributed by atoms with E-state index in [9.17, 15) is 5.11 Å². The van der Waals surface area contributed by atoms with Crippen LogP contribution in [0, 0.1) is 0 Å². The van der Waals surface area contributed by atoms with E-state index in [-0.39, 0.29) is 0 Å². The van der Waals surface area contributed by atoms with E-state index in [0.717, 1.165) is 24.3 Å². The predicted molar refractivity (Wildman–Crippen MR) is 77.8 cm³/mol. The predicted octanol–water partition coefficient (Wildman–Crippen LogP) is 2.84. The lowest BCUT2D eigenvalue weighted by Gasteiger charge is -2.18. The van der Waals surface area contributed by atoms with E-state index < -0.39 is 6.10 Å². The van der Waals surface area contributed by atoms with Crippen molar-refractivity contribution < 1.29 is 5.11 Å². The maximum absolute atomic E-state index is 9.52. The summed E-state index contributed by atoms with van der Waals surface area (Å²) in [6.45, 7) is 3.60. The molecule has 0 spiro atoms. The van der Waals surface area contributed by atoms with Gasteiger partial charge in [0.1, 0.15) is 0 Å². The molecule has 3 heteroatoms. The third-order valence-corrected chi connectivity index (χ3v) is 3.69. The van der Waals surface area contributed by atoms with Crippen molar-refractivity contribution in [2.45, 2.75) is 26.1 Å². The van der Waals surface area contributed by atoms with Crippen LogP contribution >= 0.6 is 0 Å². The van der Waals surface area contributed by atoms with Crippen molar-refractivity contribution >= 4 is 11.4 Å². The number of nitrogens with two attached hydrogens (primary N) is 1. The van der Waals surface area contributed by atoms with Crippen LogP contribution in [0.2, 0.25) is 0 Å². The van der Waals surface area contributed by atoms with Crippen LogP contribution in [0.4, 0.5) is 11.4 Å². The van der Waals surface area contributed by atoms with Crippen molar-refractivity contribution in [3.05, 3.63) is 59.2 Å². The molecule has 1 heterocycles. The number of aliphatic hydroxyl groups excluding tert-OH is 1. The Morgan fingerprint density at radius 2 is 1.74 bits per heavy atom. The van der Waals surface area contributed by atoms with Gasteiger partial charge in [-0.3, -0.25) is 0 Å². The van der Waals surface area contributed by atoms with Crippen molar-refractivity contribution in [3.8, 4) is 0 Å². The molecular formula is C16H18N2O. The van der Waals surface area contributed by atoms with Gasteiger partial charge in [-0.05, 0) is 47.9 Å². The second kappa shape index (κ2) is 4.59. The van der Waals surface area contributed by atoms with E-state index in [2.05, 4.69) is 29.2 Å². The minimum Gasteiger partial charge on any atom is -0.399 e. The van der Waals surface area contributed by atoms with E-state index in [4.69, 9.17) is 5.73 Å². The molecule has 19 heavy (non-hydrogen) atoms. The molecule has 0 aliphatic carbocycles. The Morgan fingerprint density at radius 1 is 1.05 bits per heavy atom. The quantitative estimate of drug-likeness (QED) is 0.810. The maximum atomic E-state index is 9.52. The first-order valence-corrected chi connectivity index (χ1v) is 6.54. The molecule has 0 bridgehead atoms. The third-order valence-electron chi connectivity index (χ3n) is 3.69. The summed E-state index contributed by atoms with van der Waals surface area (Å²) in [5.74, 6) is 0. The topological polar surface area (TPSA) is 49.5 Å². The normalized spacial score (nSPS) is 15.4. The summed E-state index contributed by atoms with van der Waals surface area (Å²) in [7, 11) is 0. The standard InChI is InChI=1S/C16H18N2O/c1-11(19)12-3-6-16(7-4-12)18-9-13-2-5-15(17)8-14(13)10-18/h2-8,11,19H,9-10,17H2,1H3. The Hall–Kier alpha value is -2.00. The van der Waals surface area contributed by atoms with Gasteiger partial charge in [0, 0.05) is 24.5 Å². The number of anilines is 2. The van der Waals surface area contributed by atoms with E-state index >= 15 is 0 Å². The third kappa shape index (κ3) is 2.29. The van der Waals surface area contributed by atoms with Crippen molar-refractivity contribution in [2.75, 3.05) is 10.6 Å². The first kappa shape index (κ1) is 12.1. The molecule has 3 nitrogen and oxygen atoms in total. The molecular weight excluding hydrogens is 236 g/mol. The zero-order chi connectivity index (χ0) is 13.4. The van der Waals surface area contributed by atoms with E-state index in [1.807, 2.05) is 18.2 Å². The van der Waals surface area contributed by atoms with Gasteiger partial charge in [0.15, 0.2) is 0 Å². The molecule has 1 unspecified atom stereocenters. The molecule has 0 fully saturated rings. The number of aliphatic hydroxyl groups is 1. The number of hydrogen-bond donors (Lipinski definition) is 2. The summed E-state index contributed by atoms with van der Waals surface area (Å²) >= 11 is 0. The molecule has 2 aromatic rings. The Balaban J connectivity index is 1.82. The van der Waals surface area contributed by atoms with Crippen LogP contribution in [0.3, 0.4) is 0 Å². The monoisotopic (exact) mass is 254 g/mol. The second-order valence-corrected chi connectivity index (χ2v) is 5.15. The maximum Gasteiger partial charge on any atom is 0.0761 e. The molecule has 1 aliphatic rings. The van der Waals surface area contributed by atoms with Crippen LogP contribution in [0.15, 0.2) is 42.5 Å². The molecule has 3 N–H and O–H groups in total. The zero-order valence-corrected chi connectivity index (χ0v) is 11.0. The minimum atomic E-state index is -0.412. The van der Waals surface area contributed by atoms with Crippen molar-refractivity contribution in [1.29, 1.82) is 0 Å². The molecule has 1 atom stereocenters. The van der Waals surface area contributed by atoms with Crippen LogP contribution in [-0.2, 0) is 13.1 Å². The van der Waals surface area contributed by atoms with Gasteiger partial charge < -0.3 is 15.7 Å². The Bertz CT molecular complexity index is 590. The number of nitrogen functional groups attached to an aromatic ring is 1. The Kier molecular flexibility index (Phi) is 2.91. The van der Waals surface area contributed by atoms with Gasteiger partial charge in [0.05, 0.1) is 6.10 Å². The average Bonchev–Trinajstić information content (AvgIpc) is 2.81. The number of rotatable bonds is 2. The van der Waals surface area contributed by atoms with Gasteiger partial charge in [0.25, 0.3) is 0 Å². The van der Waals surface area contributed by atoms with E-state index in [1.165, 1.54) is 16.8 Å². The first-order chi connectivity index (χ1) is 9.13. The van der Waals surface area contributed by atoms with E-state index in [0.29, 0.717) is 0 Å². The summed E-state index contributed by atoms with van der Waals surface area (Å²) in [6, 6.07) is 14.2. The Labute approximate surface area is 113 Å². The summed E-state index contributed by atoms with van der Waals surface area (Å²) in [6.07, 6.45) is -0.412. The van der Waals surface area contributed by atoms with Gasteiger partial charge in [-0.15, -0.1) is 0 Å². The molecule has 3 rings (SSSR count). The van der Waals surface area contributed by atoms with Crippen LogP contribution < -0.4 is 10.6 Å². The summed E-state index contributed by atoms with van der Waals surface area (Å²) in [4.78, 5) is 2.32. The fourth-order valence-corrected chi connectivity index (χ4v) is 2.56. The summed E-state index contributed by atoms with van der Waals surface area (Å²) < 4.78 is 0. The summed E-state index contributed by atoms with van der Waals surface area (Å²) in [5, 5.41) is 9.52. The Morgan fingerprint density at radius 3 is 2.42 bits per heavy atom. The first-order valence-electron chi connectivity index (χ1n) is 6.54. The fraction of sp³-hybridized carbons (Fsp3) is 0.250. The molecule has 1 aliphatic heterocycles. The highest BCUT2D eigenvalue weighted by molar-refractivity contribution is 5.55. The SMILES string of the molecule is CC(O)c1ccc(N2Cc3ccc(N)cc3C2)cc1. The number of benzene rings is 2. The van der Waals surface area contributed by atoms with Gasteiger partial charge in [0.2, 0.25) is 0 Å². The number of fused-ring (bicyclic) bond motifs is 1. The summed E-state index contributed by atoms with van der Waals surface area (Å²) in [5.41, 5.74) is 11.4. The second-order valence-electron chi connectivity index (χ2n) is 5.15. The van der Waals surface area contributed by atoms with Gasteiger partial charge in [-0.25, -0.2) is 0 Å². The lowest BCUT2D eigenvalue weighted by atomic mass is 10.1. The smallest absolute Gasteiger partial charge is 0.0761 e. The minimum absolute atomic E-state index is 0.412. The van der Waals surface area contributed by atoms with E-state index in [1.54, 1.807) is 6.92 Å². The largest absolute Gasteiger partial charge is 0.399 e. The zero-order valence-electron chi connectivity index (χ0n) is 11.0. The van der Waals surface area contributed by atoms with Crippen LogP contribution in [0.1, 0.15) is 29.7 Å². The molecule has 0 aromatic heterocycles. The number of hydrogen-bond acceptors (Lipinski definition) is 3. The van der Waals surface area contributed by atoms with Crippen LogP contribution in [-0.4, -0.2) is 5.11 Å².